The van der Waals surface area contributed by atoms with Crippen molar-refractivity contribution < 1.29 is 4.74 Å². The number of hydrogen-bond donors (Lipinski definition) is 0. The summed E-state index contributed by atoms with van der Waals surface area (Å²) in [4.78, 5) is 9.87. The third-order valence-corrected chi connectivity index (χ3v) is 7.57. The zero-order valence-corrected chi connectivity index (χ0v) is 21.3. The quantitative estimate of drug-likeness (QED) is 0.248. The summed E-state index contributed by atoms with van der Waals surface area (Å²) in [6.45, 7) is 4.54. The average molecular weight is 491 g/mol. The van der Waals surface area contributed by atoms with E-state index in [-0.39, 0.29) is 5.41 Å². The van der Waals surface area contributed by atoms with E-state index in [0.29, 0.717) is 0 Å². The molecule has 0 N–H and O–H groups in total. The molecule has 5 aromatic carbocycles. The number of nitrogens with zero attached hydrogens (tertiary/aromatic N) is 2. The number of benzene rings is 5. The number of fused-ring (bicyclic) bond motifs is 3. The number of aromatic nitrogens is 2. The van der Waals surface area contributed by atoms with Crippen LogP contribution in [0.4, 0.5) is 0 Å². The highest BCUT2D eigenvalue weighted by atomic mass is 16.5. The molecule has 0 aliphatic carbocycles. The van der Waals surface area contributed by atoms with Gasteiger partial charge in [-0.25, -0.2) is 9.97 Å². The van der Waals surface area contributed by atoms with Gasteiger partial charge >= 0.3 is 0 Å². The second kappa shape index (κ2) is 8.67. The van der Waals surface area contributed by atoms with E-state index in [1.165, 1.54) is 11.1 Å². The molecular formula is C35H26N2O. The normalized spacial score (nSPS) is 13.4. The van der Waals surface area contributed by atoms with Crippen LogP contribution in [0.2, 0.25) is 0 Å². The number of ether oxygens (including phenoxy) is 1. The van der Waals surface area contributed by atoms with Crippen molar-refractivity contribution in [3.63, 3.8) is 0 Å². The van der Waals surface area contributed by atoms with Crippen molar-refractivity contribution >= 4 is 10.9 Å². The zero-order chi connectivity index (χ0) is 25.7. The summed E-state index contributed by atoms with van der Waals surface area (Å²) in [6.07, 6.45) is 0. The van der Waals surface area contributed by atoms with Gasteiger partial charge in [0.2, 0.25) is 0 Å². The van der Waals surface area contributed by atoms with E-state index in [9.17, 15) is 0 Å². The van der Waals surface area contributed by atoms with Gasteiger partial charge in [0.1, 0.15) is 11.5 Å². The van der Waals surface area contributed by atoms with E-state index in [1.54, 1.807) is 0 Å². The summed E-state index contributed by atoms with van der Waals surface area (Å²) in [5.41, 5.74) is 8.41. The summed E-state index contributed by atoms with van der Waals surface area (Å²) in [6, 6.07) is 41.8. The van der Waals surface area contributed by atoms with Crippen LogP contribution in [0.5, 0.6) is 11.5 Å². The lowest BCUT2D eigenvalue weighted by atomic mass is 9.75. The highest BCUT2D eigenvalue weighted by Gasteiger charge is 2.35. The Morgan fingerprint density at radius 1 is 0.553 bits per heavy atom. The van der Waals surface area contributed by atoms with Crippen molar-refractivity contribution in [1.82, 2.24) is 9.97 Å². The third kappa shape index (κ3) is 3.59. The van der Waals surface area contributed by atoms with Gasteiger partial charge in [0.15, 0.2) is 5.82 Å². The van der Waals surface area contributed by atoms with Crippen molar-refractivity contribution in [3.8, 4) is 45.3 Å². The Morgan fingerprint density at radius 3 is 2.08 bits per heavy atom. The molecule has 0 bridgehead atoms. The Kier molecular flexibility index (Phi) is 5.12. The maximum Gasteiger partial charge on any atom is 0.160 e. The largest absolute Gasteiger partial charge is 0.456 e. The molecule has 7 rings (SSSR count). The molecule has 182 valence electrons. The molecule has 0 atom stereocenters. The molecule has 3 nitrogen and oxygen atoms in total. The molecule has 1 aliphatic heterocycles. The summed E-state index contributed by atoms with van der Waals surface area (Å²) < 4.78 is 6.52. The van der Waals surface area contributed by atoms with Gasteiger partial charge in [0.25, 0.3) is 0 Å². The lowest BCUT2D eigenvalue weighted by Crippen LogP contribution is -2.24. The van der Waals surface area contributed by atoms with Gasteiger partial charge in [-0.15, -0.1) is 0 Å². The van der Waals surface area contributed by atoms with Crippen molar-refractivity contribution in [2.75, 3.05) is 0 Å². The molecule has 0 radical (unpaired) electrons. The second-order valence-corrected chi connectivity index (χ2v) is 10.3. The molecule has 2 heterocycles. The van der Waals surface area contributed by atoms with Gasteiger partial charge in [0.05, 0.1) is 11.2 Å². The first-order valence-corrected chi connectivity index (χ1v) is 12.9. The van der Waals surface area contributed by atoms with E-state index >= 15 is 0 Å². The van der Waals surface area contributed by atoms with Crippen molar-refractivity contribution in [2.24, 2.45) is 0 Å². The van der Waals surface area contributed by atoms with Crippen LogP contribution in [0.15, 0.2) is 121 Å². The standard InChI is InChI=1S/C35H26N2O/c1-35(2)28-15-7-9-18-31(28)38-33-26(14-10-16-29(33)35)23-19-21-24(22-20-23)32-27-13-6-8-17-30(27)36-34(37-32)25-11-4-3-5-12-25/h3-22H,1-2H3. The second-order valence-electron chi connectivity index (χ2n) is 10.3. The summed E-state index contributed by atoms with van der Waals surface area (Å²) in [5.74, 6) is 2.59. The Morgan fingerprint density at radius 2 is 1.24 bits per heavy atom. The molecular weight excluding hydrogens is 464 g/mol. The predicted molar refractivity (Wildman–Crippen MR) is 154 cm³/mol. The molecule has 0 fully saturated rings. The fraction of sp³-hybridized carbons (Fsp3) is 0.0857. The van der Waals surface area contributed by atoms with Crippen molar-refractivity contribution in [3.05, 3.63) is 132 Å². The molecule has 38 heavy (non-hydrogen) atoms. The lowest BCUT2D eigenvalue weighted by Gasteiger charge is -2.35. The Balaban J connectivity index is 1.33. The van der Waals surface area contributed by atoms with Crippen LogP contribution in [0.25, 0.3) is 44.7 Å². The third-order valence-electron chi connectivity index (χ3n) is 7.57. The monoisotopic (exact) mass is 490 g/mol. The summed E-state index contributed by atoms with van der Waals surface area (Å²) in [5, 5.41) is 1.04. The highest BCUT2D eigenvalue weighted by molar-refractivity contribution is 5.94. The first kappa shape index (κ1) is 22.4. The summed E-state index contributed by atoms with van der Waals surface area (Å²) in [7, 11) is 0. The molecule has 1 aliphatic rings. The highest BCUT2D eigenvalue weighted by Crippen LogP contribution is 2.51. The van der Waals surface area contributed by atoms with E-state index in [1.807, 2.05) is 36.4 Å². The van der Waals surface area contributed by atoms with E-state index in [4.69, 9.17) is 14.7 Å². The molecule has 0 saturated carbocycles. The first-order valence-electron chi connectivity index (χ1n) is 12.9. The molecule has 0 saturated heterocycles. The molecule has 0 amide bonds. The van der Waals surface area contributed by atoms with E-state index in [2.05, 4.69) is 98.8 Å². The minimum atomic E-state index is -0.145. The Hall–Kier alpha value is -4.76. The van der Waals surface area contributed by atoms with Gasteiger partial charge < -0.3 is 4.74 Å². The maximum absolute atomic E-state index is 6.52. The predicted octanol–water partition coefficient (Wildman–Crippen LogP) is 9.06. The van der Waals surface area contributed by atoms with Crippen LogP contribution in [0, 0.1) is 0 Å². The Bertz CT molecular complexity index is 1800. The molecule has 0 spiro atoms. The zero-order valence-electron chi connectivity index (χ0n) is 21.3. The van der Waals surface area contributed by atoms with Gasteiger partial charge in [-0.2, -0.15) is 0 Å². The van der Waals surface area contributed by atoms with Crippen LogP contribution in [0.1, 0.15) is 25.0 Å². The van der Waals surface area contributed by atoms with Gasteiger partial charge in [-0.3, -0.25) is 0 Å². The number of hydrogen-bond acceptors (Lipinski definition) is 3. The molecule has 3 heteroatoms. The topological polar surface area (TPSA) is 35.0 Å². The van der Waals surface area contributed by atoms with Crippen LogP contribution < -0.4 is 4.74 Å². The summed E-state index contributed by atoms with van der Waals surface area (Å²) >= 11 is 0. The Labute approximate surface area is 222 Å². The molecule has 6 aromatic rings. The van der Waals surface area contributed by atoms with Gasteiger partial charge in [-0.1, -0.05) is 123 Å². The van der Waals surface area contributed by atoms with Crippen LogP contribution >= 0.6 is 0 Å². The number of para-hydroxylation sites is 3. The minimum Gasteiger partial charge on any atom is -0.456 e. The van der Waals surface area contributed by atoms with Crippen molar-refractivity contribution in [2.45, 2.75) is 19.3 Å². The van der Waals surface area contributed by atoms with Gasteiger partial charge in [-0.05, 0) is 17.7 Å². The molecule has 1 aromatic heterocycles. The van der Waals surface area contributed by atoms with Crippen LogP contribution in [-0.2, 0) is 5.41 Å². The fourth-order valence-corrected chi connectivity index (χ4v) is 5.51. The average Bonchev–Trinajstić information content (AvgIpc) is 2.97. The lowest BCUT2D eigenvalue weighted by molar-refractivity contribution is 0.419. The minimum absolute atomic E-state index is 0.145. The van der Waals surface area contributed by atoms with Crippen LogP contribution in [0.3, 0.4) is 0 Å². The van der Waals surface area contributed by atoms with Crippen LogP contribution in [-0.4, -0.2) is 9.97 Å². The maximum atomic E-state index is 6.52. The van der Waals surface area contributed by atoms with Crippen molar-refractivity contribution in [1.29, 1.82) is 0 Å². The smallest absolute Gasteiger partial charge is 0.160 e. The first-order chi connectivity index (χ1) is 18.6. The van der Waals surface area contributed by atoms with Gasteiger partial charge in [0, 0.05) is 38.6 Å². The number of rotatable bonds is 3. The fourth-order valence-electron chi connectivity index (χ4n) is 5.51. The van der Waals surface area contributed by atoms with E-state index < -0.39 is 0 Å². The van der Waals surface area contributed by atoms with E-state index in [0.717, 1.165) is 56.2 Å². The SMILES string of the molecule is CC1(C)c2ccccc2Oc2c(-c3ccc(-c4nc(-c5ccccc5)nc5ccccc45)cc3)cccc21. The molecule has 0 unspecified atom stereocenters.